The second-order valence-corrected chi connectivity index (χ2v) is 5.03. The van der Waals surface area contributed by atoms with Crippen LogP contribution in [0.25, 0.3) is 0 Å². The summed E-state index contributed by atoms with van der Waals surface area (Å²) < 4.78 is 4.96. The second kappa shape index (κ2) is 6.45. The lowest BCUT2D eigenvalue weighted by Crippen LogP contribution is -2.41. The molecule has 0 aliphatic heterocycles. The van der Waals surface area contributed by atoms with Crippen molar-refractivity contribution in [1.82, 2.24) is 5.32 Å². The molecule has 0 fully saturated rings. The highest BCUT2D eigenvalue weighted by Crippen LogP contribution is 2.20. The summed E-state index contributed by atoms with van der Waals surface area (Å²) in [6, 6.07) is 7.65. The Labute approximate surface area is 127 Å². The molecule has 1 heterocycles. The van der Waals surface area contributed by atoms with Crippen LogP contribution in [-0.4, -0.2) is 17.9 Å². The monoisotopic (exact) mass is 306 g/mol. The van der Waals surface area contributed by atoms with Gasteiger partial charge in [0.05, 0.1) is 6.26 Å². The van der Waals surface area contributed by atoms with Crippen molar-refractivity contribution in [3.05, 3.63) is 52.9 Å². The summed E-state index contributed by atoms with van der Waals surface area (Å²) >= 11 is 6.00. The predicted molar refractivity (Wildman–Crippen MR) is 80.5 cm³/mol. The Morgan fingerprint density at radius 2 is 2.05 bits per heavy atom. The molecule has 5 nitrogen and oxygen atoms in total. The summed E-state index contributed by atoms with van der Waals surface area (Å²) in [7, 11) is 0. The van der Waals surface area contributed by atoms with Crippen LogP contribution >= 0.6 is 11.6 Å². The lowest BCUT2D eigenvalue weighted by Gasteiger charge is -2.13. The van der Waals surface area contributed by atoms with Crippen LogP contribution in [0.3, 0.4) is 0 Å². The number of hydrogen-bond acceptors (Lipinski definition) is 3. The predicted octanol–water partition coefficient (Wildman–Crippen LogP) is 3.00. The summed E-state index contributed by atoms with van der Waals surface area (Å²) in [5.74, 6) is -0.618. The van der Waals surface area contributed by atoms with Crippen molar-refractivity contribution in [2.24, 2.45) is 0 Å². The number of halogens is 1. The van der Waals surface area contributed by atoms with Gasteiger partial charge in [-0.25, -0.2) is 0 Å². The van der Waals surface area contributed by atoms with Gasteiger partial charge in [0.25, 0.3) is 5.91 Å². The van der Waals surface area contributed by atoms with E-state index in [9.17, 15) is 9.59 Å². The normalized spacial score (nSPS) is 11.8. The number of furan rings is 1. The number of nitrogens with one attached hydrogen (secondary N) is 2. The standard InChI is InChI=1S/C15H15ClN2O3/c1-9-5-6-11(8-12(9)16)18-14(19)10(2)17-15(20)13-4-3-7-21-13/h3-8,10H,1-2H3,(H,17,20)(H,18,19). The molecule has 0 saturated heterocycles. The fourth-order valence-corrected chi connectivity index (χ4v) is 1.84. The number of amides is 2. The van der Waals surface area contributed by atoms with Gasteiger partial charge in [0, 0.05) is 10.7 Å². The first-order valence-corrected chi connectivity index (χ1v) is 6.76. The molecule has 0 aliphatic carbocycles. The summed E-state index contributed by atoms with van der Waals surface area (Å²) in [5.41, 5.74) is 1.50. The van der Waals surface area contributed by atoms with Gasteiger partial charge in [-0.3, -0.25) is 9.59 Å². The molecule has 2 N–H and O–H groups in total. The molecule has 6 heteroatoms. The molecular weight excluding hydrogens is 292 g/mol. The number of carbonyl (C=O) groups excluding carboxylic acids is 2. The molecule has 2 rings (SSSR count). The lowest BCUT2D eigenvalue weighted by atomic mass is 10.2. The number of aryl methyl sites for hydroxylation is 1. The molecule has 1 aromatic heterocycles. The van der Waals surface area contributed by atoms with Gasteiger partial charge in [0.15, 0.2) is 5.76 Å². The highest BCUT2D eigenvalue weighted by molar-refractivity contribution is 6.31. The van der Waals surface area contributed by atoms with Gasteiger partial charge in [0.2, 0.25) is 5.91 Å². The van der Waals surface area contributed by atoms with Crippen LogP contribution in [0.15, 0.2) is 41.0 Å². The first-order chi connectivity index (χ1) is 9.97. The maximum absolute atomic E-state index is 12.0. The summed E-state index contributed by atoms with van der Waals surface area (Å²) in [4.78, 5) is 23.8. The van der Waals surface area contributed by atoms with Crippen LogP contribution in [0, 0.1) is 6.92 Å². The molecular formula is C15H15ClN2O3. The van der Waals surface area contributed by atoms with Gasteiger partial charge in [-0.2, -0.15) is 0 Å². The van der Waals surface area contributed by atoms with Crippen LogP contribution in [0.4, 0.5) is 5.69 Å². The number of hydrogen-bond donors (Lipinski definition) is 2. The molecule has 2 amide bonds. The highest BCUT2D eigenvalue weighted by atomic mass is 35.5. The molecule has 0 aliphatic rings. The zero-order valence-corrected chi connectivity index (χ0v) is 12.4. The Morgan fingerprint density at radius 1 is 1.29 bits per heavy atom. The second-order valence-electron chi connectivity index (χ2n) is 4.63. The van der Waals surface area contributed by atoms with E-state index in [1.54, 1.807) is 25.1 Å². The Kier molecular flexibility index (Phi) is 4.65. The Hall–Kier alpha value is -2.27. The van der Waals surface area contributed by atoms with Crippen LogP contribution in [0.2, 0.25) is 5.02 Å². The summed E-state index contributed by atoms with van der Waals surface area (Å²) in [5, 5.41) is 5.81. The van der Waals surface area contributed by atoms with E-state index in [0.717, 1.165) is 5.56 Å². The first-order valence-electron chi connectivity index (χ1n) is 6.39. The third kappa shape index (κ3) is 3.86. The maximum Gasteiger partial charge on any atom is 0.287 e. The van der Waals surface area contributed by atoms with Gasteiger partial charge >= 0.3 is 0 Å². The van der Waals surface area contributed by atoms with Crippen LogP contribution < -0.4 is 10.6 Å². The average molecular weight is 307 g/mol. The van der Waals surface area contributed by atoms with Crippen molar-refractivity contribution < 1.29 is 14.0 Å². The molecule has 1 unspecified atom stereocenters. The van der Waals surface area contributed by atoms with E-state index in [0.29, 0.717) is 10.7 Å². The summed E-state index contributed by atoms with van der Waals surface area (Å²) in [6.45, 7) is 3.46. The van der Waals surface area contributed by atoms with Gasteiger partial charge in [-0.15, -0.1) is 0 Å². The van der Waals surface area contributed by atoms with E-state index in [2.05, 4.69) is 10.6 Å². The minimum atomic E-state index is -0.706. The highest BCUT2D eigenvalue weighted by Gasteiger charge is 2.18. The fraction of sp³-hybridized carbons (Fsp3) is 0.200. The molecule has 1 atom stereocenters. The molecule has 0 bridgehead atoms. The van der Waals surface area contributed by atoms with Crippen LogP contribution in [-0.2, 0) is 4.79 Å². The van der Waals surface area contributed by atoms with E-state index in [1.807, 2.05) is 13.0 Å². The third-order valence-electron chi connectivity index (χ3n) is 2.93. The molecule has 1 aromatic carbocycles. The van der Waals surface area contributed by atoms with Gasteiger partial charge in [-0.1, -0.05) is 17.7 Å². The lowest BCUT2D eigenvalue weighted by molar-refractivity contribution is -0.117. The molecule has 21 heavy (non-hydrogen) atoms. The Balaban J connectivity index is 1.96. The number of anilines is 1. The average Bonchev–Trinajstić information content (AvgIpc) is 2.97. The van der Waals surface area contributed by atoms with E-state index >= 15 is 0 Å². The minimum Gasteiger partial charge on any atom is -0.459 e. The van der Waals surface area contributed by atoms with Crippen molar-refractivity contribution in [2.75, 3.05) is 5.32 Å². The number of carbonyl (C=O) groups is 2. The van der Waals surface area contributed by atoms with E-state index in [-0.39, 0.29) is 11.7 Å². The van der Waals surface area contributed by atoms with Crippen molar-refractivity contribution in [2.45, 2.75) is 19.9 Å². The molecule has 0 radical (unpaired) electrons. The minimum absolute atomic E-state index is 0.160. The number of benzene rings is 1. The maximum atomic E-state index is 12.0. The zero-order valence-electron chi connectivity index (χ0n) is 11.6. The van der Waals surface area contributed by atoms with Crippen molar-refractivity contribution in [3.8, 4) is 0 Å². The largest absolute Gasteiger partial charge is 0.459 e. The fourth-order valence-electron chi connectivity index (χ4n) is 1.66. The molecule has 0 saturated carbocycles. The SMILES string of the molecule is Cc1ccc(NC(=O)C(C)NC(=O)c2ccco2)cc1Cl. The van der Waals surface area contributed by atoms with Crippen molar-refractivity contribution >= 4 is 29.1 Å². The summed E-state index contributed by atoms with van der Waals surface area (Å²) in [6.07, 6.45) is 1.40. The smallest absolute Gasteiger partial charge is 0.287 e. The van der Waals surface area contributed by atoms with Crippen molar-refractivity contribution in [1.29, 1.82) is 0 Å². The Bertz CT molecular complexity index is 653. The third-order valence-corrected chi connectivity index (χ3v) is 3.33. The van der Waals surface area contributed by atoms with Crippen LogP contribution in [0.1, 0.15) is 23.0 Å². The van der Waals surface area contributed by atoms with E-state index in [1.165, 1.54) is 12.3 Å². The topological polar surface area (TPSA) is 71.3 Å². The quantitative estimate of drug-likeness (QED) is 0.912. The van der Waals surface area contributed by atoms with Gasteiger partial charge in [0.1, 0.15) is 6.04 Å². The number of rotatable bonds is 4. The molecule has 2 aromatic rings. The van der Waals surface area contributed by atoms with Crippen LogP contribution in [0.5, 0.6) is 0 Å². The Morgan fingerprint density at radius 3 is 2.67 bits per heavy atom. The zero-order chi connectivity index (χ0) is 15.4. The van der Waals surface area contributed by atoms with Gasteiger partial charge in [-0.05, 0) is 43.7 Å². The van der Waals surface area contributed by atoms with E-state index < -0.39 is 11.9 Å². The van der Waals surface area contributed by atoms with Gasteiger partial charge < -0.3 is 15.1 Å². The van der Waals surface area contributed by atoms with Crippen molar-refractivity contribution in [3.63, 3.8) is 0 Å². The molecule has 0 spiro atoms. The van der Waals surface area contributed by atoms with E-state index in [4.69, 9.17) is 16.0 Å². The first kappa shape index (κ1) is 15.1. The molecule has 110 valence electrons.